The van der Waals surface area contributed by atoms with E-state index in [0.29, 0.717) is 5.00 Å². The summed E-state index contributed by atoms with van der Waals surface area (Å²) in [6.07, 6.45) is 8.63. The molecule has 2 amide bonds. The Morgan fingerprint density at radius 2 is 1.90 bits per heavy atom. The highest BCUT2D eigenvalue weighted by molar-refractivity contribution is 7.14. The van der Waals surface area contributed by atoms with E-state index in [4.69, 9.17) is 0 Å². The standard InChI is InChI=1S/C23H24N4O2S/c1-16-8-10-17(11-9-16)21(22(28)26-18-5-2-3-6-18)27(20-7-4-14-30-20)23(29)19-15-24-12-13-25-19/h4,7-15,18,21H,2-3,5-6H2,1H3,(H,26,28)/t21-/m0/s1. The first-order valence-corrected chi connectivity index (χ1v) is 11.0. The van der Waals surface area contributed by atoms with Crippen LogP contribution in [0.2, 0.25) is 0 Å². The van der Waals surface area contributed by atoms with Crippen LogP contribution in [-0.4, -0.2) is 27.8 Å². The third-order valence-electron chi connectivity index (χ3n) is 5.35. The number of aryl methyl sites for hydroxylation is 1. The third-order valence-corrected chi connectivity index (χ3v) is 6.21. The zero-order valence-corrected chi connectivity index (χ0v) is 17.6. The first-order valence-electron chi connectivity index (χ1n) is 10.1. The molecule has 0 spiro atoms. The van der Waals surface area contributed by atoms with E-state index in [2.05, 4.69) is 15.3 Å². The molecule has 30 heavy (non-hydrogen) atoms. The Morgan fingerprint density at radius 3 is 2.53 bits per heavy atom. The van der Waals surface area contributed by atoms with Crippen molar-refractivity contribution in [3.05, 3.63) is 77.2 Å². The molecule has 1 aliphatic carbocycles. The molecule has 0 bridgehead atoms. The van der Waals surface area contributed by atoms with Gasteiger partial charge < -0.3 is 5.32 Å². The van der Waals surface area contributed by atoms with Gasteiger partial charge in [-0.1, -0.05) is 42.7 Å². The predicted octanol–water partition coefficient (Wildman–Crippen LogP) is 4.29. The van der Waals surface area contributed by atoms with E-state index < -0.39 is 6.04 Å². The fourth-order valence-electron chi connectivity index (χ4n) is 3.80. The molecule has 1 saturated carbocycles. The van der Waals surface area contributed by atoms with Gasteiger partial charge in [-0.25, -0.2) is 4.98 Å². The van der Waals surface area contributed by atoms with E-state index in [1.807, 2.05) is 48.7 Å². The van der Waals surface area contributed by atoms with Gasteiger partial charge in [-0.05, 0) is 42.8 Å². The quantitative estimate of drug-likeness (QED) is 0.645. The van der Waals surface area contributed by atoms with Crippen molar-refractivity contribution >= 4 is 28.2 Å². The van der Waals surface area contributed by atoms with E-state index in [1.54, 1.807) is 4.90 Å². The molecular formula is C23H24N4O2S. The van der Waals surface area contributed by atoms with Crippen LogP contribution in [0.5, 0.6) is 0 Å². The highest BCUT2D eigenvalue weighted by Gasteiger charge is 2.35. The lowest BCUT2D eigenvalue weighted by Crippen LogP contribution is -2.46. The van der Waals surface area contributed by atoms with Crippen LogP contribution < -0.4 is 10.2 Å². The van der Waals surface area contributed by atoms with Gasteiger partial charge in [0.15, 0.2) is 0 Å². The Hall–Kier alpha value is -3.06. The Balaban J connectivity index is 1.76. The summed E-state index contributed by atoms with van der Waals surface area (Å²) in [6.45, 7) is 2.00. The summed E-state index contributed by atoms with van der Waals surface area (Å²) in [4.78, 5) is 36.8. The number of aromatic nitrogens is 2. The second-order valence-electron chi connectivity index (χ2n) is 7.52. The van der Waals surface area contributed by atoms with Gasteiger partial charge in [0.25, 0.3) is 5.91 Å². The van der Waals surface area contributed by atoms with Gasteiger partial charge in [-0.2, -0.15) is 0 Å². The van der Waals surface area contributed by atoms with Gasteiger partial charge in [0.2, 0.25) is 5.91 Å². The lowest BCUT2D eigenvalue weighted by atomic mass is 10.0. The number of nitrogens with zero attached hydrogens (tertiary/aromatic N) is 3. The average Bonchev–Trinajstić information content (AvgIpc) is 3.47. The van der Waals surface area contributed by atoms with E-state index in [9.17, 15) is 9.59 Å². The summed E-state index contributed by atoms with van der Waals surface area (Å²) in [5, 5.41) is 5.77. The molecule has 4 rings (SSSR count). The van der Waals surface area contributed by atoms with Gasteiger partial charge in [0.1, 0.15) is 11.7 Å². The number of hydrogen-bond donors (Lipinski definition) is 1. The zero-order valence-electron chi connectivity index (χ0n) is 16.8. The fraction of sp³-hybridized carbons (Fsp3) is 0.304. The van der Waals surface area contributed by atoms with Crippen molar-refractivity contribution in [1.29, 1.82) is 0 Å². The van der Waals surface area contributed by atoms with Crippen LogP contribution >= 0.6 is 11.3 Å². The number of rotatable bonds is 6. The largest absolute Gasteiger partial charge is 0.351 e. The molecule has 6 nitrogen and oxygen atoms in total. The topological polar surface area (TPSA) is 75.2 Å². The Labute approximate surface area is 180 Å². The van der Waals surface area contributed by atoms with Crippen molar-refractivity contribution in [2.75, 3.05) is 4.90 Å². The Bertz CT molecular complexity index is 984. The molecule has 1 N–H and O–H groups in total. The van der Waals surface area contributed by atoms with Crippen LogP contribution in [0.3, 0.4) is 0 Å². The summed E-state index contributed by atoms with van der Waals surface area (Å²) in [7, 11) is 0. The first-order chi connectivity index (χ1) is 14.6. The molecule has 3 aromatic rings. The average molecular weight is 421 g/mol. The maximum absolute atomic E-state index is 13.5. The predicted molar refractivity (Wildman–Crippen MR) is 117 cm³/mol. The van der Waals surface area contributed by atoms with E-state index >= 15 is 0 Å². The second kappa shape index (κ2) is 9.17. The highest BCUT2D eigenvalue weighted by Crippen LogP contribution is 2.33. The fourth-order valence-corrected chi connectivity index (χ4v) is 4.56. The van der Waals surface area contributed by atoms with Gasteiger partial charge in [0, 0.05) is 18.4 Å². The maximum Gasteiger partial charge on any atom is 0.280 e. The summed E-state index contributed by atoms with van der Waals surface area (Å²) in [5.41, 5.74) is 2.06. The van der Waals surface area contributed by atoms with Crippen molar-refractivity contribution in [3.63, 3.8) is 0 Å². The van der Waals surface area contributed by atoms with Crippen molar-refractivity contribution in [3.8, 4) is 0 Å². The molecular weight excluding hydrogens is 396 g/mol. The zero-order chi connectivity index (χ0) is 20.9. The molecule has 1 aromatic carbocycles. The number of carbonyl (C=O) groups is 2. The molecule has 7 heteroatoms. The summed E-state index contributed by atoms with van der Waals surface area (Å²) in [6, 6.07) is 10.8. The number of amides is 2. The van der Waals surface area contributed by atoms with Gasteiger partial charge >= 0.3 is 0 Å². The van der Waals surface area contributed by atoms with Crippen LogP contribution in [-0.2, 0) is 4.79 Å². The monoisotopic (exact) mass is 420 g/mol. The maximum atomic E-state index is 13.5. The normalized spacial score (nSPS) is 15.0. The lowest BCUT2D eigenvalue weighted by Gasteiger charge is -2.31. The van der Waals surface area contributed by atoms with Crippen molar-refractivity contribution in [2.45, 2.75) is 44.7 Å². The van der Waals surface area contributed by atoms with Gasteiger partial charge in [0.05, 0.1) is 11.2 Å². The van der Waals surface area contributed by atoms with Gasteiger partial charge in [-0.15, -0.1) is 11.3 Å². The molecule has 0 radical (unpaired) electrons. The Morgan fingerprint density at radius 1 is 1.13 bits per heavy atom. The molecule has 1 aliphatic rings. The molecule has 1 fully saturated rings. The number of benzene rings is 1. The number of nitrogens with one attached hydrogen (secondary N) is 1. The highest BCUT2D eigenvalue weighted by atomic mass is 32.1. The minimum Gasteiger partial charge on any atom is -0.351 e. The Kier molecular flexibility index (Phi) is 6.18. The smallest absolute Gasteiger partial charge is 0.280 e. The van der Waals surface area contributed by atoms with E-state index in [0.717, 1.165) is 36.8 Å². The van der Waals surface area contributed by atoms with Crippen molar-refractivity contribution in [1.82, 2.24) is 15.3 Å². The number of anilines is 1. The van der Waals surface area contributed by atoms with E-state index in [-0.39, 0.29) is 23.6 Å². The molecule has 154 valence electrons. The third kappa shape index (κ3) is 4.41. The van der Waals surface area contributed by atoms with Gasteiger partial charge in [-0.3, -0.25) is 19.5 Å². The molecule has 0 unspecified atom stereocenters. The summed E-state index contributed by atoms with van der Waals surface area (Å²) in [5.74, 6) is -0.519. The van der Waals surface area contributed by atoms with Crippen LogP contribution in [0.15, 0.2) is 60.4 Å². The van der Waals surface area contributed by atoms with Crippen molar-refractivity contribution < 1.29 is 9.59 Å². The molecule has 0 aliphatic heterocycles. The minimum atomic E-state index is -0.792. The SMILES string of the molecule is Cc1ccc([C@@H](C(=O)NC2CCCC2)N(C(=O)c2cnccn2)c2cccs2)cc1. The number of hydrogen-bond acceptors (Lipinski definition) is 5. The van der Waals surface area contributed by atoms with Crippen LogP contribution in [0.4, 0.5) is 5.00 Å². The van der Waals surface area contributed by atoms with Crippen LogP contribution in [0.1, 0.15) is 53.3 Å². The van der Waals surface area contributed by atoms with Crippen molar-refractivity contribution in [2.24, 2.45) is 0 Å². The molecule has 2 aromatic heterocycles. The van der Waals surface area contributed by atoms with Crippen LogP contribution in [0, 0.1) is 6.92 Å². The molecule has 1 atom stereocenters. The molecule has 2 heterocycles. The second-order valence-corrected chi connectivity index (χ2v) is 8.45. The van der Waals surface area contributed by atoms with Crippen LogP contribution in [0.25, 0.3) is 0 Å². The summed E-state index contributed by atoms with van der Waals surface area (Å²) >= 11 is 1.42. The number of thiophene rings is 1. The lowest BCUT2D eigenvalue weighted by molar-refractivity contribution is -0.123. The van der Waals surface area contributed by atoms with E-state index in [1.165, 1.54) is 29.9 Å². The minimum absolute atomic E-state index is 0.155. The summed E-state index contributed by atoms with van der Waals surface area (Å²) < 4.78 is 0. The molecule has 0 saturated heterocycles. The number of carbonyl (C=O) groups excluding carboxylic acids is 2. The first kappa shape index (κ1) is 20.2.